The highest BCUT2D eigenvalue weighted by molar-refractivity contribution is 9.10. The fraction of sp³-hybridized carbons (Fsp3) is 0.300. The minimum Gasteiger partial charge on any atom is -0.493 e. The van der Waals surface area contributed by atoms with Crippen LogP contribution in [0.1, 0.15) is 34.6 Å². The Kier molecular flexibility index (Phi) is 4.55. The number of pyridine rings is 1. The van der Waals surface area contributed by atoms with E-state index in [4.69, 9.17) is 9.47 Å². The highest BCUT2D eigenvalue weighted by atomic mass is 79.9. The largest absolute Gasteiger partial charge is 0.493 e. The molecule has 0 fully saturated rings. The van der Waals surface area contributed by atoms with Gasteiger partial charge in [0.05, 0.1) is 25.8 Å². The number of amides is 1. The molecule has 0 bridgehead atoms. The first-order chi connectivity index (χ1) is 13.0. The van der Waals surface area contributed by atoms with Crippen molar-refractivity contribution in [2.75, 3.05) is 20.8 Å². The number of aromatic nitrogens is 2. The van der Waals surface area contributed by atoms with E-state index in [0.29, 0.717) is 23.7 Å². The van der Waals surface area contributed by atoms with Gasteiger partial charge in [-0.2, -0.15) is 5.10 Å². The number of carbonyl (C=O) groups is 1. The number of rotatable bonds is 3. The Balaban J connectivity index is 1.67. The summed E-state index contributed by atoms with van der Waals surface area (Å²) in [5, 5.41) is 4.45. The molecule has 3 aromatic rings. The number of ether oxygens (including phenoxy) is 2. The van der Waals surface area contributed by atoms with Crippen LogP contribution < -0.4 is 9.47 Å². The van der Waals surface area contributed by atoms with E-state index in [2.05, 4.69) is 21.0 Å². The standard InChI is InChI=1S/C20H20BrN3O3/c1-12-16-10-19(27-3)18(26-2)8-13(16)6-7-23(12)20(25)17-9-15-5-4-14(21)11-24(15)22-17/h4-5,8-12H,6-7H2,1-3H3. The topological polar surface area (TPSA) is 56.1 Å². The molecule has 6 nitrogen and oxygen atoms in total. The van der Waals surface area contributed by atoms with Crippen molar-refractivity contribution in [1.29, 1.82) is 0 Å². The second-order valence-electron chi connectivity index (χ2n) is 6.58. The van der Waals surface area contributed by atoms with E-state index < -0.39 is 0 Å². The summed E-state index contributed by atoms with van der Waals surface area (Å²) in [5.41, 5.74) is 3.60. The number of hydrogen-bond donors (Lipinski definition) is 0. The van der Waals surface area contributed by atoms with E-state index in [9.17, 15) is 4.79 Å². The molecular formula is C20H20BrN3O3. The van der Waals surface area contributed by atoms with Crippen LogP contribution in [0.15, 0.2) is 41.0 Å². The van der Waals surface area contributed by atoms with Crippen LogP contribution in [-0.2, 0) is 6.42 Å². The van der Waals surface area contributed by atoms with Gasteiger partial charge < -0.3 is 14.4 Å². The number of nitrogens with zero attached hydrogens (tertiary/aromatic N) is 3. The smallest absolute Gasteiger partial charge is 0.274 e. The van der Waals surface area contributed by atoms with Gasteiger partial charge in [0, 0.05) is 17.2 Å². The van der Waals surface area contributed by atoms with Crippen LogP contribution in [0, 0.1) is 0 Å². The lowest BCUT2D eigenvalue weighted by Gasteiger charge is -2.35. The fourth-order valence-electron chi connectivity index (χ4n) is 3.64. The van der Waals surface area contributed by atoms with Gasteiger partial charge in [-0.25, -0.2) is 4.52 Å². The summed E-state index contributed by atoms with van der Waals surface area (Å²) < 4.78 is 13.5. The van der Waals surface area contributed by atoms with Crippen molar-refractivity contribution in [3.05, 3.63) is 57.8 Å². The molecule has 0 spiro atoms. The Labute approximate surface area is 165 Å². The lowest BCUT2D eigenvalue weighted by Crippen LogP contribution is -2.39. The van der Waals surface area contributed by atoms with Gasteiger partial charge in [0.25, 0.3) is 5.91 Å². The number of hydrogen-bond acceptors (Lipinski definition) is 4. The molecule has 1 amide bonds. The lowest BCUT2D eigenvalue weighted by atomic mass is 9.92. The van der Waals surface area contributed by atoms with Gasteiger partial charge in [0.15, 0.2) is 17.2 Å². The summed E-state index contributed by atoms with van der Waals surface area (Å²) in [4.78, 5) is 15.0. The minimum atomic E-state index is -0.0717. The van der Waals surface area contributed by atoms with Gasteiger partial charge in [0.1, 0.15) is 0 Å². The maximum Gasteiger partial charge on any atom is 0.274 e. The average molecular weight is 430 g/mol. The second kappa shape index (κ2) is 6.88. The lowest BCUT2D eigenvalue weighted by molar-refractivity contribution is 0.0670. The molecule has 2 aromatic heterocycles. The van der Waals surface area contributed by atoms with E-state index in [-0.39, 0.29) is 11.9 Å². The van der Waals surface area contributed by atoms with Crippen molar-refractivity contribution in [2.45, 2.75) is 19.4 Å². The van der Waals surface area contributed by atoms with Crippen LogP contribution in [0.25, 0.3) is 5.52 Å². The first-order valence-electron chi connectivity index (χ1n) is 8.72. The van der Waals surface area contributed by atoms with Crippen molar-refractivity contribution in [2.24, 2.45) is 0 Å². The summed E-state index contributed by atoms with van der Waals surface area (Å²) in [7, 11) is 3.25. The minimum absolute atomic E-state index is 0.0669. The number of halogens is 1. The molecule has 7 heteroatoms. The maximum atomic E-state index is 13.1. The van der Waals surface area contributed by atoms with Crippen molar-refractivity contribution < 1.29 is 14.3 Å². The van der Waals surface area contributed by atoms with Crippen LogP contribution in [-0.4, -0.2) is 41.2 Å². The molecule has 3 heterocycles. The van der Waals surface area contributed by atoms with Crippen LogP contribution in [0.3, 0.4) is 0 Å². The summed E-state index contributed by atoms with van der Waals surface area (Å²) >= 11 is 3.43. The molecule has 1 unspecified atom stereocenters. The number of fused-ring (bicyclic) bond motifs is 2. The fourth-order valence-corrected chi connectivity index (χ4v) is 3.96. The first-order valence-corrected chi connectivity index (χ1v) is 9.52. The second-order valence-corrected chi connectivity index (χ2v) is 7.49. The molecule has 1 atom stereocenters. The third kappa shape index (κ3) is 3.06. The third-order valence-electron chi connectivity index (χ3n) is 5.09. The average Bonchev–Trinajstić information content (AvgIpc) is 3.10. The quantitative estimate of drug-likeness (QED) is 0.633. The van der Waals surface area contributed by atoms with Gasteiger partial charge in [0.2, 0.25) is 0 Å². The monoisotopic (exact) mass is 429 g/mol. The Morgan fingerprint density at radius 2 is 1.93 bits per heavy atom. The zero-order chi connectivity index (χ0) is 19.1. The Hall–Kier alpha value is -2.54. The summed E-state index contributed by atoms with van der Waals surface area (Å²) in [6, 6.07) is 9.60. The van der Waals surface area contributed by atoms with Crippen LogP contribution in [0.5, 0.6) is 11.5 Å². The van der Waals surface area contributed by atoms with E-state index in [1.807, 2.05) is 48.4 Å². The highest BCUT2D eigenvalue weighted by Gasteiger charge is 2.30. The van der Waals surface area contributed by atoms with Crippen molar-refractivity contribution in [3.63, 3.8) is 0 Å². The van der Waals surface area contributed by atoms with E-state index in [0.717, 1.165) is 22.0 Å². The Bertz CT molecular complexity index is 1030. The predicted molar refractivity (Wildman–Crippen MR) is 106 cm³/mol. The summed E-state index contributed by atoms with van der Waals surface area (Å²) in [6.45, 7) is 2.67. The summed E-state index contributed by atoms with van der Waals surface area (Å²) in [6.07, 6.45) is 2.61. The van der Waals surface area contributed by atoms with Crippen molar-refractivity contribution >= 4 is 27.4 Å². The Morgan fingerprint density at radius 3 is 2.67 bits per heavy atom. The van der Waals surface area contributed by atoms with Gasteiger partial charge in [-0.15, -0.1) is 0 Å². The van der Waals surface area contributed by atoms with Crippen LogP contribution in [0.4, 0.5) is 0 Å². The SMILES string of the molecule is COc1cc2c(cc1OC)C(C)N(C(=O)c1cc3ccc(Br)cn3n1)CC2. The third-order valence-corrected chi connectivity index (χ3v) is 5.56. The zero-order valence-electron chi connectivity index (χ0n) is 15.4. The van der Waals surface area contributed by atoms with E-state index in [1.165, 1.54) is 5.56 Å². The normalized spacial score (nSPS) is 16.3. The zero-order valence-corrected chi connectivity index (χ0v) is 17.0. The molecule has 0 saturated heterocycles. The van der Waals surface area contributed by atoms with Crippen LogP contribution >= 0.6 is 15.9 Å². The molecule has 0 radical (unpaired) electrons. The molecule has 0 N–H and O–H groups in total. The molecule has 1 aromatic carbocycles. The van der Waals surface area contributed by atoms with Gasteiger partial charge >= 0.3 is 0 Å². The molecule has 0 aliphatic carbocycles. The van der Waals surface area contributed by atoms with Crippen LogP contribution in [0.2, 0.25) is 0 Å². The van der Waals surface area contributed by atoms with Gasteiger partial charge in [-0.05, 0) is 70.7 Å². The molecule has 1 aliphatic rings. The number of benzene rings is 1. The number of carbonyl (C=O) groups excluding carboxylic acids is 1. The van der Waals surface area contributed by atoms with E-state index >= 15 is 0 Å². The molecule has 1 aliphatic heterocycles. The van der Waals surface area contributed by atoms with Gasteiger partial charge in [-0.1, -0.05) is 0 Å². The van der Waals surface area contributed by atoms with E-state index in [1.54, 1.807) is 18.7 Å². The molecule has 0 saturated carbocycles. The number of methoxy groups -OCH3 is 2. The first kappa shape index (κ1) is 17.9. The predicted octanol–water partition coefficient (Wildman–Crippen LogP) is 3.87. The molecule has 4 rings (SSSR count). The molecule has 140 valence electrons. The highest BCUT2D eigenvalue weighted by Crippen LogP contribution is 2.38. The molecular weight excluding hydrogens is 410 g/mol. The maximum absolute atomic E-state index is 13.1. The van der Waals surface area contributed by atoms with Gasteiger partial charge in [-0.3, -0.25) is 4.79 Å². The van der Waals surface area contributed by atoms with Crippen molar-refractivity contribution in [3.8, 4) is 11.5 Å². The Morgan fingerprint density at radius 1 is 1.19 bits per heavy atom. The molecule has 27 heavy (non-hydrogen) atoms. The summed E-state index contributed by atoms with van der Waals surface area (Å²) in [5.74, 6) is 1.33. The van der Waals surface area contributed by atoms with Crippen molar-refractivity contribution in [1.82, 2.24) is 14.5 Å².